The molecule has 0 spiro atoms. The van der Waals surface area contributed by atoms with Crippen molar-refractivity contribution in [2.24, 2.45) is 5.92 Å². The maximum Gasteiger partial charge on any atom is 0.0794 e. The van der Waals surface area contributed by atoms with Crippen molar-refractivity contribution >= 4 is 11.3 Å². The van der Waals surface area contributed by atoms with Gasteiger partial charge in [0.05, 0.1) is 5.51 Å². The molecule has 0 amide bonds. The van der Waals surface area contributed by atoms with Crippen molar-refractivity contribution in [1.29, 1.82) is 0 Å². The van der Waals surface area contributed by atoms with Crippen LogP contribution in [-0.4, -0.2) is 36.1 Å². The Bertz CT molecular complexity index is 278. The van der Waals surface area contributed by atoms with Crippen molar-refractivity contribution in [3.05, 3.63) is 16.6 Å². The molecule has 1 saturated heterocycles. The maximum atomic E-state index is 4.08. The summed E-state index contributed by atoms with van der Waals surface area (Å²) >= 11 is 1.73. The number of aromatic nitrogens is 1. The minimum absolute atomic E-state index is 0.871. The van der Waals surface area contributed by atoms with Gasteiger partial charge in [0.1, 0.15) is 0 Å². The van der Waals surface area contributed by atoms with Crippen LogP contribution < -0.4 is 5.32 Å². The third-order valence-electron chi connectivity index (χ3n) is 3.37. The van der Waals surface area contributed by atoms with E-state index in [2.05, 4.69) is 22.1 Å². The normalized spacial score (nSPS) is 19.1. The first kappa shape index (κ1) is 12.0. The number of rotatable bonds is 5. The predicted octanol–water partition coefficient (Wildman–Crippen LogP) is 1.96. The van der Waals surface area contributed by atoms with Crippen molar-refractivity contribution < 1.29 is 0 Å². The summed E-state index contributed by atoms with van der Waals surface area (Å²) in [7, 11) is 0. The highest BCUT2D eigenvalue weighted by molar-refractivity contribution is 7.09. The number of hydrogen-bond donors (Lipinski definition) is 1. The molecule has 0 radical (unpaired) electrons. The van der Waals surface area contributed by atoms with E-state index in [9.17, 15) is 0 Å². The molecule has 0 unspecified atom stereocenters. The smallest absolute Gasteiger partial charge is 0.0794 e. The van der Waals surface area contributed by atoms with Crippen LogP contribution >= 0.6 is 11.3 Å². The molecular formula is C12H21N3S. The van der Waals surface area contributed by atoms with Gasteiger partial charge in [0.15, 0.2) is 0 Å². The lowest BCUT2D eigenvalue weighted by atomic mass is 9.97. The van der Waals surface area contributed by atoms with Gasteiger partial charge in [-0.3, -0.25) is 4.98 Å². The van der Waals surface area contributed by atoms with E-state index in [4.69, 9.17) is 0 Å². The van der Waals surface area contributed by atoms with Crippen LogP contribution in [-0.2, 0) is 6.54 Å². The first-order chi connectivity index (χ1) is 7.88. The van der Waals surface area contributed by atoms with Crippen molar-refractivity contribution in [2.45, 2.75) is 26.3 Å². The molecule has 1 aromatic heterocycles. The van der Waals surface area contributed by atoms with Gasteiger partial charge < -0.3 is 10.2 Å². The molecule has 1 aromatic rings. The summed E-state index contributed by atoms with van der Waals surface area (Å²) in [4.78, 5) is 7.96. The van der Waals surface area contributed by atoms with Crippen LogP contribution in [0.1, 0.15) is 24.6 Å². The highest BCUT2D eigenvalue weighted by Crippen LogP contribution is 2.16. The SMILES string of the molecule is CCN1CCC(CNCc2cncs2)CC1. The summed E-state index contributed by atoms with van der Waals surface area (Å²) in [6.45, 7) is 8.17. The number of piperidine rings is 1. The number of likely N-dealkylation sites (tertiary alicyclic amines) is 1. The van der Waals surface area contributed by atoms with Crippen LogP contribution in [0.3, 0.4) is 0 Å². The summed E-state index contributed by atoms with van der Waals surface area (Å²) in [6, 6.07) is 0. The molecule has 1 N–H and O–H groups in total. The van der Waals surface area contributed by atoms with Gasteiger partial charge in [0, 0.05) is 17.6 Å². The van der Waals surface area contributed by atoms with E-state index in [1.54, 1.807) is 11.3 Å². The Morgan fingerprint density at radius 2 is 2.31 bits per heavy atom. The lowest BCUT2D eigenvalue weighted by Crippen LogP contribution is -2.36. The molecule has 0 bridgehead atoms. The quantitative estimate of drug-likeness (QED) is 0.851. The topological polar surface area (TPSA) is 28.2 Å². The number of nitrogens with zero attached hydrogens (tertiary/aromatic N) is 2. The Morgan fingerprint density at radius 3 is 2.94 bits per heavy atom. The Morgan fingerprint density at radius 1 is 1.50 bits per heavy atom. The molecular weight excluding hydrogens is 218 g/mol. The lowest BCUT2D eigenvalue weighted by Gasteiger charge is -2.31. The third-order valence-corrected chi connectivity index (χ3v) is 4.15. The van der Waals surface area contributed by atoms with Gasteiger partial charge in [-0.05, 0) is 44.9 Å². The molecule has 4 heteroatoms. The molecule has 1 fully saturated rings. The van der Waals surface area contributed by atoms with Crippen molar-refractivity contribution in [3.8, 4) is 0 Å². The summed E-state index contributed by atoms with van der Waals surface area (Å²) in [5, 5.41) is 3.54. The van der Waals surface area contributed by atoms with Gasteiger partial charge >= 0.3 is 0 Å². The van der Waals surface area contributed by atoms with E-state index in [1.807, 2.05) is 11.7 Å². The van der Waals surface area contributed by atoms with E-state index in [0.29, 0.717) is 0 Å². The summed E-state index contributed by atoms with van der Waals surface area (Å²) in [6.07, 6.45) is 4.66. The number of nitrogens with one attached hydrogen (secondary N) is 1. The van der Waals surface area contributed by atoms with E-state index in [-0.39, 0.29) is 0 Å². The minimum Gasteiger partial charge on any atom is -0.312 e. The molecule has 1 aliphatic rings. The Kier molecular flexibility index (Phi) is 4.75. The van der Waals surface area contributed by atoms with Crippen molar-refractivity contribution in [2.75, 3.05) is 26.2 Å². The zero-order valence-electron chi connectivity index (χ0n) is 9.98. The zero-order valence-corrected chi connectivity index (χ0v) is 10.8. The molecule has 2 rings (SSSR count). The lowest BCUT2D eigenvalue weighted by molar-refractivity contribution is 0.190. The molecule has 16 heavy (non-hydrogen) atoms. The minimum atomic E-state index is 0.871. The van der Waals surface area contributed by atoms with Crippen LogP contribution in [0, 0.1) is 5.92 Å². The molecule has 0 atom stereocenters. The summed E-state index contributed by atoms with van der Waals surface area (Å²) < 4.78 is 0. The fourth-order valence-electron chi connectivity index (χ4n) is 2.24. The second-order valence-corrected chi connectivity index (χ2v) is 5.45. The highest BCUT2D eigenvalue weighted by Gasteiger charge is 2.17. The fraction of sp³-hybridized carbons (Fsp3) is 0.750. The van der Waals surface area contributed by atoms with Gasteiger partial charge in [0.2, 0.25) is 0 Å². The average Bonchev–Trinajstić information content (AvgIpc) is 2.83. The monoisotopic (exact) mass is 239 g/mol. The molecule has 3 nitrogen and oxygen atoms in total. The summed E-state index contributed by atoms with van der Waals surface area (Å²) in [5.41, 5.74) is 1.90. The van der Waals surface area contributed by atoms with Crippen LogP contribution in [0.25, 0.3) is 0 Å². The van der Waals surface area contributed by atoms with Crippen LogP contribution in [0.4, 0.5) is 0 Å². The van der Waals surface area contributed by atoms with Gasteiger partial charge in [-0.15, -0.1) is 11.3 Å². The van der Waals surface area contributed by atoms with E-state index in [1.165, 1.54) is 37.4 Å². The largest absolute Gasteiger partial charge is 0.312 e. The molecule has 90 valence electrons. The number of hydrogen-bond acceptors (Lipinski definition) is 4. The molecule has 1 aliphatic heterocycles. The van der Waals surface area contributed by atoms with Crippen LogP contribution in [0.15, 0.2) is 11.7 Å². The van der Waals surface area contributed by atoms with Gasteiger partial charge in [-0.25, -0.2) is 0 Å². The van der Waals surface area contributed by atoms with Gasteiger partial charge in [-0.1, -0.05) is 6.92 Å². The van der Waals surface area contributed by atoms with Crippen LogP contribution in [0.5, 0.6) is 0 Å². The summed E-state index contributed by atoms with van der Waals surface area (Å²) in [5.74, 6) is 0.871. The average molecular weight is 239 g/mol. The van der Waals surface area contributed by atoms with Crippen molar-refractivity contribution in [1.82, 2.24) is 15.2 Å². The van der Waals surface area contributed by atoms with Gasteiger partial charge in [-0.2, -0.15) is 0 Å². The van der Waals surface area contributed by atoms with E-state index >= 15 is 0 Å². The second kappa shape index (κ2) is 6.33. The molecule has 2 heterocycles. The Balaban J connectivity index is 1.60. The predicted molar refractivity (Wildman–Crippen MR) is 68.7 cm³/mol. The van der Waals surface area contributed by atoms with Gasteiger partial charge in [0.25, 0.3) is 0 Å². The standard InChI is InChI=1S/C12H21N3S/c1-2-15-5-3-11(4-6-15)7-13-8-12-9-14-10-16-12/h9-11,13H,2-8H2,1H3. The highest BCUT2D eigenvalue weighted by atomic mass is 32.1. The maximum absolute atomic E-state index is 4.08. The zero-order chi connectivity index (χ0) is 11.2. The fourth-order valence-corrected chi connectivity index (χ4v) is 2.80. The molecule has 0 aromatic carbocycles. The Labute approximate surface area is 102 Å². The van der Waals surface area contributed by atoms with E-state index < -0.39 is 0 Å². The molecule has 0 aliphatic carbocycles. The van der Waals surface area contributed by atoms with Crippen molar-refractivity contribution in [3.63, 3.8) is 0 Å². The number of thiazole rings is 1. The Hall–Kier alpha value is -0.450. The third kappa shape index (κ3) is 3.54. The second-order valence-electron chi connectivity index (χ2n) is 4.48. The first-order valence-electron chi connectivity index (χ1n) is 6.19. The van der Waals surface area contributed by atoms with Crippen LogP contribution in [0.2, 0.25) is 0 Å². The first-order valence-corrected chi connectivity index (χ1v) is 7.07. The molecule has 0 saturated carbocycles. The van der Waals surface area contributed by atoms with E-state index in [0.717, 1.165) is 19.0 Å².